The molecule has 0 aliphatic heterocycles. The van der Waals surface area contributed by atoms with Gasteiger partial charge in [-0.15, -0.1) is 0 Å². The molecule has 0 spiro atoms. The summed E-state index contributed by atoms with van der Waals surface area (Å²) in [7, 11) is 0. The molecule has 0 unspecified atom stereocenters. The van der Waals surface area contributed by atoms with Crippen LogP contribution in [-0.2, 0) is 6.42 Å². The minimum Gasteiger partial charge on any atom is -0.494 e. The summed E-state index contributed by atoms with van der Waals surface area (Å²) in [5.74, 6) is 0.932. The highest BCUT2D eigenvalue weighted by Crippen LogP contribution is 2.22. The fraction of sp³-hybridized carbons (Fsp3) is 0.455. The van der Waals surface area contributed by atoms with Gasteiger partial charge in [0.05, 0.1) is 6.61 Å². The normalized spacial score (nSPS) is 9.91. The number of hydrogen-bond donors (Lipinski definition) is 0. The van der Waals surface area contributed by atoms with Crippen LogP contribution in [0.4, 0.5) is 0 Å². The third-order valence-electron chi connectivity index (χ3n) is 3.82. The quantitative estimate of drug-likeness (QED) is 0.505. The first-order valence-corrected chi connectivity index (χ1v) is 9.07. The number of aryl methyl sites for hydroxylation is 1. The van der Waals surface area contributed by atoms with Crippen molar-refractivity contribution < 1.29 is 4.74 Å². The first-order valence-electron chi connectivity index (χ1n) is 9.07. The Hall–Kier alpha value is -1.76. The molecule has 0 N–H and O–H groups in total. The molecule has 0 aromatic heterocycles. The highest BCUT2D eigenvalue weighted by molar-refractivity contribution is 5.64. The molecule has 126 valence electrons. The van der Waals surface area contributed by atoms with E-state index in [1.54, 1.807) is 0 Å². The molecular weight excluding hydrogens is 280 g/mol. The van der Waals surface area contributed by atoms with Crippen molar-refractivity contribution in [2.45, 2.75) is 59.8 Å². The zero-order valence-electron chi connectivity index (χ0n) is 15.3. The molecule has 0 fully saturated rings. The average Bonchev–Trinajstić information content (AvgIpc) is 2.61. The molecule has 0 bridgehead atoms. The van der Waals surface area contributed by atoms with Crippen molar-refractivity contribution in [1.29, 1.82) is 0 Å². The molecule has 1 heteroatoms. The fourth-order valence-corrected chi connectivity index (χ4v) is 2.34. The molecule has 0 heterocycles. The molecule has 0 saturated carbocycles. The fourth-order valence-electron chi connectivity index (χ4n) is 2.34. The first kappa shape index (κ1) is 19.3. The van der Waals surface area contributed by atoms with Crippen LogP contribution in [0.5, 0.6) is 5.75 Å². The van der Waals surface area contributed by atoms with Gasteiger partial charge in [-0.1, -0.05) is 82.9 Å². The second-order valence-electron chi connectivity index (χ2n) is 5.71. The molecule has 0 saturated heterocycles. The second-order valence-corrected chi connectivity index (χ2v) is 5.71. The maximum Gasteiger partial charge on any atom is 0.119 e. The van der Waals surface area contributed by atoms with Crippen LogP contribution in [0.2, 0.25) is 0 Å². The Bertz CT molecular complexity index is 507. The third kappa shape index (κ3) is 7.36. The Morgan fingerprint density at radius 2 is 1.13 bits per heavy atom. The van der Waals surface area contributed by atoms with Crippen LogP contribution >= 0.6 is 0 Å². The van der Waals surface area contributed by atoms with E-state index >= 15 is 0 Å². The predicted octanol–water partition coefficient (Wildman–Crippen LogP) is 6.90. The Morgan fingerprint density at radius 3 is 1.52 bits per heavy atom. The van der Waals surface area contributed by atoms with Gasteiger partial charge in [0.1, 0.15) is 5.75 Å². The smallest absolute Gasteiger partial charge is 0.119 e. The van der Waals surface area contributed by atoms with Gasteiger partial charge in [0, 0.05) is 0 Å². The van der Waals surface area contributed by atoms with Crippen LogP contribution in [0.1, 0.15) is 58.9 Å². The summed E-state index contributed by atoms with van der Waals surface area (Å²) in [6.45, 7) is 9.35. The first-order chi connectivity index (χ1) is 11.2. The largest absolute Gasteiger partial charge is 0.494 e. The summed E-state index contributed by atoms with van der Waals surface area (Å²) in [6, 6.07) is 17.0. The molecule has 0 atom stereocenters. The van der Waals surface area contributed by atoms with Crippen molar-refractivity contribution in [3.8, 4) is 16.9 Å². The number of ether oxygens (including phenoxy) is 1. The van der Waals surface area contributed by atoms with Gasteiger partial charge in [-0.25, -0.2) is 0 Å². The zero-order valence-corrected chi connectivity index (χ0v) is 15.3. The van der Waals surface area contributed by atoms with Crippen LogP contribution in [0.15, 0.2) is 48.5 Å². The van der Waals surface area contributed by atoms with E-state index in [0.717, 1.165) is 12.2 Å². The van der Waals surface area contributed by atoms with Crippen molar-refractivity contribution in [1.82, 2.24) is 0 Å². The van der Waals surface area contributed by atoms with Crippen LogP contribution in [-0.4, -0.2) is 6.61 Å². The number of unbranched alkanes of at least 4 members (excludes halogenated alkanes) is 3. The lowest BCUT2D eigenvalue weighted by molar-refractivity contribution is 0.340. The molecule has 0 radical (unpaired) electrons. The van der Waals surface area contributed by atoms with Gasteiger partial charge in [0.15, 0.2) is 0 Å². The van der Waals surface area contributed by atoms with Crippen molar-refractivity contribution in [3.05, 3.63) is 54.1 Å². The summed E-state index contributed by atoms with van der Waals surface area (Å²) >= 11 is 0. The van der Waals surface area contributed by atoms with E-state index in [2.05, 4.69) is 57.2 Å². The van der Waals surface area contributed by atoms with Crippen molar-refractivity contribution in [2.75, 3.05) is 6.61 Å². The monoisotopic (exact) mass is 312 g/mol. The highest BCUT2D eigenvalue weighted by atomic mass is 16.5. The van der Waals surface area contributed by atoms with E-state index in [4.69, 9.17) is 4.74 Å². The molecule has 0 amide bonds. The second kappa shape index (κ2) is 11.8. The van der Waals surface area contributed by atoms with Gasteiger partial charge >= 0.3 is 0 Å². The molecule has 2 aromatic carbocycles. The van der Waals surface area contributed by atoms with Gasteiger partial charge in [0.2, 0.25) is 0 Å². The molecule has 2 rings (SSSR count). The third-order valence-corrected chi connectivity index (χ3v) is 3.82. The average molecular weight is 312 g/mol. The molecule has 23 heavy (non-hydrogen) atoms. The summed E-state index contributed by atoms with van der Waals surface area (Å²) in [5.41, 5.74) is 3.86. The van der Waals surface area contributed by atoms with Gasteiger partial charge in [-0.05, 0) is 42.2 Å². The summed E-state index contributed by atoms with van der Waals surface area (Å²) in [4.78, 5) is 0. The Morgan fingerprint density at radius 1 is 0.652 bits per heavy atom. The lowest BCUT2D eigenvalue weighted by atomic mass is 10.0. The van der Waals surface area contributed by atoms with Gasteiger partial charge < -0.3 is 4.74 Å². The van der Waals surface area contributed by atoms with E-state index in [1.165, 1.54) is 42.4 Å². The molecule has 0 aliphatic carbocycles. The predicted molar refractivity (Wildman–Crippen MR) is 102 cm³/mol. The number of rotatable bonds is 7. The van der Waals surface area contributed by atoms with Crippen molar-refractivity contribution >= 4 is 0 Å². The maximum absolute atomic E-state index is 5.43. The number of benzene rings is 2. The highest BCUT2D eigenvalue weighted by Gasteiger charge is 1.98. The minimum absolute atomic E-state index is 0.713. The standard InChI is InChI=1S/C16H18O.C6H14/c1-3-13-5-7-14(8-6-13)15-9-11-16(12-10-15)17-4-2;1-3-5-6-4-2/h5-12H,3-4H2,1-2H3;3-6H2,1-2H3. The molecular formula is C22H32O. The summed E-state index contributed by atoms with van der Waals surface area (Å²) in [6.07, 6.45) is 6.62. The lowest BCUT2D eigenvalue weighted by Crippen LogP contribution is -1.90. The van der Waals surface area contributed by atoms with Crippen LogP contribution in [0.3, 0.4) is 0 Å². The molecule has 1 nitrogen and oxygen atoms in total. The molecule has 2 aromatic rings. The molecule has 0 aliphatic rings. The Kier molecular flexibility index (Phi) is 9.86. The minimum atomic E-state index is 0.713. The van der Waals surface area contributed by atoms with E-state index in [0.29, 0.717) is 6.61 Å². The van der Waals surface area contributed by atoms with Crippen molar-refractivity contribution in [2.24, 2.45) is 0 Å². The van der Waals surface area contributed by atoms with Crippen LogP contribution in [0, 0.1) is 0 Å². The van der Waals surface area contributed by atoms with Gasteiger partial charge in [0.25, 0.3) is 0 Å². The lowest BCUT2D eigenvalue weighted by Gasteiger charge is -2.06. The van der Waals surface area contributed by atoms with Gasteiger partial charge in [-0.3, -0.25) is 0 Å². The van der Waals surface area contributed by atoms with E-state index < -0.39 is 0 Å². The van der Waals surface area contributed by atoms with Crippen LogP contribution < -0.4 is 4.74 Å². The topological polar surface area (TPSA) is 9.23 Å². The Balaban J connectivity index is 0.000000379. The SMILES string of the molecule is CCCCCC.CCOc1ccc(-c2ccc(CC)cc2)cc1. The number of hydrogen-bond acceptors (Lipinski definition) is 1. The maximum atomic E-state index is 5.43. The summed E-state index contributed by atoms with van der Waals surface area (Å²) < 4.78 is 5.43. The van der Waals surface area contributed by atoms with Crippen LogP contribution in [0.25, 0.3) is 11.1 Å². The van der Waals surface area contributed by atoms with Crippen molar-refractivity contribution in [3.63, 3.8) is 0 Å². The summed E-state index contributed by atoms with van der Waals surface area (Å²) in [5, 5.41) is 0. The Labute approximate surface area is 142 Å². The van der Waals surface area contributed by atoms with E-state index in [-0.39, 0.29) is 0 Å². The van der Waals surface area contributed by atoms with Gasteiger partial charge in [-0.2, -0.15) is 0 Å². The zero-order chi connectivity index (χ0) is 16.9. The van der Waals surface area contributed by atoms with E-state index in [9.17, 15) is 0 Å². The van der Waals surface area contributed by atoms with E-state index in [1.807, 2.05) is 19.1 Å².